The number of thioether (sulfide) groups is 1. The third-order valence-electron chi connectivity index (χ3n) is 4.77. The Morgan fingerprint density at radius 1 is 1.11 bits per heavy atom. The SMILES string of the molecule is CCC(C)NC(=O)CSc1nnc(-c2ccccc2)n1-c1ccc(C)c(C)c1. The lowest BCUT2D eigenvalue weighted by Gasteiger charge is -2.13. The lowest BCUT2D eigenvalue weighted by atomic mass is 10.1. The zero-order valence-electron chi connectivity index (χ0n) is 16.8. The third-order valence-corrected chi connectivity index (χ3v) is 5.70. The highest BCUT2D eigenvalue weighted by atomic mass is 32.2. The lowest BCUT2D eigenvalue weighted by Crippen LogP contribution is -2.33. The molecule has 146 valence electrons. The van der Waals surface area contributed by atoms with Crippen molar-refractivity contribution < 1.29 is 4.79 Å². The summed E-state index contributed by atoms with van der Waals surface area (Å²) >= 11 is 1.41. The van der Waals surface area contributed by atoms with Crippen LogP contribution < -0.4 is 5.32 Å². The molecule has 5 nitrogen and oxygen atoms in total. The molecule has 1 unspecified atom stereocenters. The van der Waals surface area contributed by atoms with Crippen LogP contribution in [-0.4, -0.2) is 32.5 Å². The van der Waals surface area contributed by atoms with E-state index in [1.54, 1.807) is 0 Å². The van der Waals surface area contributed by atoms with E-state index in [1.807, 2.05) is 41.8 Å². The number of carbonyl (C=O) groups is 1. The zero-order chi connectivity index (χ0) is 20.1. The van der Waals surface area contributed by atoms with Gasteiger partial charge in [0.1, 0.15) is 0 Å². The molecule has 1 atom stereocenters. The minimum absolute atomic E-state index is 0.00949. The highest BCUT2D eigenvalue weighted by Gasteiger charge is 2.18. The fourth-order valence-corrected chi connectivity index (χ4v) is 3.55. The second-order valence-corrected chi connectivity index (χ2v) is 7.88. The van der Waals surface area contributed by atoms with Gasteiger partial charge in [-0.25, -0.2) is 0 Å². The van der Waals surface area contributed by atoms with Gasteiger partial charge in [-0.2, -0.15) is 0 Å². The number of aryl methyl sites for hydroxylation is 2. The maximum absolute atomic E-state index is 12.2. The number of hydrogen-bond acceptors (Lipinski definition) is 4. The molecule has 1 amide bonds. The van der Waals surface area contributed by atoms with E-state index in [0.29, 0.717) is 10.9 Å². The molecule has 0 aliphatic rings. The van der Waals surface area contributed by atoms with Gasteiger partial charge in [0.25, 0.3) is 0 Å². The molecule has 6 heteroatoms. The molecule has 3 aromatic rings. The van der Waals surface area contributed by atoms with E-state index in [2.05, 4.69) is 54.5 Å². The van der Waals surface area contributed by atoms with Crippen LogP contribution in [0.1, 0.15) is 31.4 Å². The van der Waals surface area contributed by atoms with E-state index in [4.69, 9.17) is 0 Å². The minimum Gasteiger partial charge on any atom is -0.353 e. The number of nitrogens with one attached hydrogen (secondary N) is 1. The molecule has 28 heavy (non-hydrogen) atoms. The van der Waals surface area contributed by atoms with Crippen molar-refractivity contribution in [2.24, 2.45) is 0 Å². The molecule has 0 radical (unpaired) electrons. The van der Waals surface area contributed by atoms with E-state index in [-0.39, 0.29) is 11.9 Å². The molecule has 0 aliphatic heterocycles. The summed E-state index contributed by atoms with van der Waals surface area (Å²) in [6, 6.07) is 16.5. The van der Waals surface area contributed by atoms with Crippen LogP contribution in [0.5, 0.6) is 0 Å². The number of rotatable bonds is 7. The largest absolute Gasteiger partial charge is 0.353 e. The number of nitrogens with zero attached hydrogens (tertiary/aromatic N) is 3. The average molecular weight is 395 g/mol. The van der Waals surface area contributed by atoms with E-state index in [9.17, 15) is 4.79 Å². The predicted octanol–water partition coefficient (Wildman–Crippen LogP) is 4.56. The van der Waals surface area contributed by atoms with Gasteiger partial charge in [-0.1, -0.05) is 55.1 Å². The number of hydrogen-bond donors (Lipinski definition) is 1. The monoisotopic (exact) mass is 394 g/mol. The van der Waals surface area contributed by atoms with Crippen molar-refractivity contribution in [1.29, 1.82) is 0 Å². The van der Waals surface area contributed by atoms with Gasteiger partial charge in [0.15, 0.2) is 11.0 Å². The van der Waals surface area contributed by atoms with Crippen molar-refractivity contribution in [1.82, 2.24) is 20.1 Å². The topological polar surface area (TPSA) is 59.8 Å². The van der Waals surface area contributed by atoms with Gasteiger partial charge in [0.2, 0.25) is 5.91 Å². The Bertz CT molecular complexity index is 952. The summed E-state index contributed by atoms with van der Waals surface area (Å²) in [6.45, 7) is 8.25. The third kappa shape index (κ3) is 4.62. The van der Waals surface area contributed by atoms with E-state index in [0.717, 1.165) is 23.5 Å². The van der Waals surface area contributed by atoms with E-state index < -0.39 is 0 Å². The Hall–Kier alpha value is -2.60. The number of carbonyl (C=O) groups excluding carboxylic acids is 1. The molecule has 0 saturated heterocycles. The molecule has 0 bridgehead atoms. The molecule has 3 rings (SSSR count). The summed E-state index contributed by atoms with van der Waals surface area (Å²) in [5.41, 5.74) is 4.43. The standard InChI is InChI=1S/C22H26N4OS/c1-5-17(4)23-20(27)14-28-22-25-24-21(18-9-7-6-8-10-18)26(22)19-12-11-15(2)16(3)13-19/h6-13,17H,5,14H2,1-4H3,(H,23,27). The van der Waals surface area contributed by atoms with Crippen molar-refractivity contribution in [3.05, 3.63) is 59.7 Å². The van der Waals surface area contributed by atoms with Gasteiger partial charge in [0.05, 0.1) is 11.4 Å². The van der Waals surface area contributed by atoms with Crippen LogP contribution in [-0.2, 0) is 4.79 Å². The Balaban J connectivity index is 1.95. The first-order chi connectivity index (χ1) is 13.5. The molecule has 1 aromatic heterocycles. The average Bonchev–Trinajstić information content (AvgIpc) is 3.13. The van der Waals surface area contributed by atoms with Gasteiger partial charge in [-0.05, 0) is 50.5 Å². The summed E-state index contributed by atoms with van der Waals surface area (Å²) in [4.78, 5) is 12.2. The fourth-order valence-electron chi connectivity index (χ4n) is 2.78. The summed E-state index contributed by atoms with van der Waals surface area (Å²) in [5, 5.41) is 12.5. The molecule has 0 aliphatic carbocycles. The number of amides is 1. The zero-order valence-corrected chi connectivity index (χ0v) is 17.6. The first kappa shape index (κ1) is 20.1. The van der Waals surface area contributed by atoms with Gasteiger partial charge in [0, 0.05) is 11.6 Å². The van der Waals surface area contributed by atoms with Gasteiger partial charge in [-0.15, -0.1) is 10.2 Å². The van der Waals surface area contributed by atoms with Crippen LogP contribution >= 0.6 is 11.8 Å². The molecular weight excluding hydrogens is 368 g/mol. The lowest BCUT2D eigenvalue weighted by molar-refractivity contribution is -0.119. The van der Waals surface area contributed by atoms with Crippen molar-refractivity contribution in [3.63, 3.8) is 0 Å². The molecule has 0 spiro atoms. The van der Waals surface area contributed by atoms with Crippen LogP contribution in [0.25, 0.3) is 17.1 Å². The normalized spacial score (nSPS) is 12.0. The minimum atomic E-state index is 0.00949. The highest BCUT2D eigenvalue weighted by Crippen LogP contribution is 2.28. The van der Waals surface area contributed by atoms with Crippen LogP contribution in [0.2, 0.25) is 0 Å². The second kappa shape index (κ2) is 9.06. The summed E-state index contributed by atoms with van der Waals surface area (Å²) in [7, 11) is 0. The number of benzene rings is 2. The molecule has 2 aromatic carbocycles. The van der Waals surface area contributed by atoms with Crippen LogP contribution in [0.4, 0.5) is 0 Å². The van der Waals surface area contributed by atoms with Gasteiger partial charge >= 0.3 is 0 Å². The van der Waals surface area contributed by atoms with Gasteiger partial charge < -0.3 is 5.32 Å². The smallest absolute Gasteiger partial charge is 0.230 e. The Morgan fingerprint density at radius 3 is 2.54 bits per heavy atom. The molecular formula is C22H26N4OS. The quantitative estimate of drug-likeness (QED) is 0.597. The molecule has 0 saturated carbocycles. The van der Waals surface area contributed by atoms with E-state index >= 15 is 0 Å². The first-order valence-corrected chi connectivity index (χ1v) is 10.5. The van der Waals surface area contributed by atoms with Crippen molar-refractivity contribution in [3.8, 4) is 17.1 Å². The Kier molecular flexibility index (Phi) is 6.52. The molecule has 0 fully saturated rings. The highest BCUT2D eigenvalue weighted by molar-refractivity contribution is 7.99. The Morgan fingerprint density at radius 2 is 1.86 bits per heavy atom. The predicted molar refractivity (Wildman–Crippen MR) is 115 cm³/mol. The molecule has 1 N–H and O–H groups in total. The van der Waals surface area contributed by atoms with Crippen molar-refractivity contribution in [2.45, 2.75) is 45.3 Å². The van der Waals surface area contributed by atoms with Crippen LogP contribution in [0.15, 0.2) is 53.7 Å². The first-order valence-electron chi connectivity index (χ1n) is 9.50. The number of aromatic nitrogens is 3. The van der Waals surface area contributed by atoms with E-state index in [1.165, 1.54) is 22.9 Å². The van der Waals surface area contributed by atoms with Crippen LogP contribution in [0, 0.1) is 13.8 Å². The summed E-state index contributed by atoms with van der Waals surface area (Å²) in [5.74, 6) is 1.09. The van der Waals surface area contributed by atoms with Crippen molar-refractivity contribution in [2.75, 3.05) is 5.75 Å². The maximum atomic E-state index is 12.2. The summed E-state index contributed by atoms with van der Waals surface area (Å²) in [6.07, 6.45) is 0.910. The fraction of sp³-hybridized carbons (Fsp3) is 0.318. The van der Waals surface area contributed by atoms with Crippen LogP contribution in [0.3, 0.4) is 0 Å². The maximum Gasteiger partial charge on any atom is 0.230 e. The molecule has 1 heterocycles. The van der Waals surface area contributed by atoms with Gasteiger partial charge in [-0.3, -0.25) is 9.36 Å². The second-order valence-electron chi connectivity index (χ2n) is 6.94. The summed E-state index contributed by atoms with van der Waals surface area (Å²) < 4.78 is 2.03. The Labute approximate surface area is 170 Å². The van der Waals surface area contributed by atoms with Crippen molar-refractivity contribution >= 4 is 17.7 Å².